The van der Waals surface area contributed by atoms with E-state index in [0.717, 1.165) is 55.4 Å². The number of nitrogens with zero attached hydrogens (tertiary/aromatic N) is 5. The second-order valence-corrected chi connectivity index (χ2v) is 14.1. The average molecular weight is 716 g/mol. The lowest BCUT2D eigenvalue weighted by atomic mass is 9.99. The lowest BCUT2D eigenvalue weighted by Crippen LogP contribution is -2.06. The molecule has 11 rings (SSSR count). The monoisotopic (exact) mass is 715 g/mol. The quantitative estimate of drug-likeness (QED) is 0.172. The Morgan fingerprint density at radius 3 is 1.46 bits per heavy atom. The SMILES string of the molecule is c1ccc(-c2ccc(-c3nc(-c4cccc(-n5c6ccccc6c6ccccc65)c4)nc(-n4c5ccccc5c5c(-c6ccccc6)cccc54)n3)cc2)cc1. The van der Waals surface area contributed by atoms with Crippen LogP contribution >= 0.6 is 0 Å². The number of rotatable bonds is 6. The van der Waals surface area contributed by atoms with E-state index in [1.807, 2.05) is 6.07 Å². The van der Waals surface area contributed by atoms with Gasteiger partial charge in [0.25, 0.3) is 0 Å². The van der Waals surface area contributed by atoms with Gasteiger partial charge in [0.2, 0.25) is 5.95 Å². The molecule has 0 aliphatic carbocycles. The Morgan fingerprint density at radius 2 is 0.786 bits per heavy atom. The normalized spacial score (nSPS) is 11.6. The van der Waals surface area contributed by atoms with Crippen LogP contribution in [0.2, 0.25) is 0 Å². The van der Waals surface area contributed by atoms with Crippen LogP contribution in [0.5, 0.6) is 0 Å². The van der Waals surface area contributed by atoms with E-state index in [1.165, 1.54) is 27.3 Å². The van der Waals surface area contributed by atoms with E-state index in [1.54, 1.807) is 0 Å². The van der Waals surface area contributed by atoms with E-state index >= 15 is 0 Å². The molecule has 0 fully saturated rings. The minimum atomic E-state index is 0.566. The highest BCUT2D eigenvalue weighted by molar-refractivity contribution is 6.15. The van der Waals surface area contributed by atoms with Crippen LogP contribution in [-0.2, 0) is 0 Å². The van der Waals surface area contributed by atoms with Gasteiger partial charge in [0.05, 0.1) is 22.1 Å². The van der Waals surface area contributed by atoms with Gasteiger partial charge in [-0.1, -0.05) is 164 Å². The largest absolute Gasteiger partial charge is 0.309 e. The predicted octanol–water partition coefficient (Wildman–Crippen LogP) is 12.7. The van der Waals surface area contributed by atoms with Gasteiger partial charge in [0.1, 0.15) is 0 Å². The first kappa shape index (κ1) is 31.9. The van der Waals surface area contributed by atoms with Crippen molar-refractivity contribution >= 4 is 43.6 Å². The molecule has 0 atom stereocenters. The molecule has 0 saturated carbocycles. The molecule has 8 aromatic carbocycles. The van der Waals surface area contributed by atoms with Crippen molar-refractivity contribution in [1.29, 1.82) is 0 Å². The zero-order chi connectivity index (χ0) is 37.0. The van der Waals surface area contributed by atoms with Crippen LogP contribution in [0, 0.1) is 0 Å². The third-order valence-corrected chi connectivity index (χ3v) is 10.8. The van der Waals surface area contributed by atoms with E-state index in [9.17, 15) is 0 Å². The summed E-state index contributed by atoms with van der Waals surface area (Å²) in [4.78, 5) is 15.8. The van der Waals surface area contributed by atoms with Crippen LogP contribution in [0.1, 0.15) is 0 Å². The number of fused-ring (bicyclic) bond motifs is 6. The van der Waals surface area contributed by atoms with Crippen LogP contribution in [0.3, 0.4) is 0 Å². The Morgan fingerprint density at radius 1 is 0.304 bits per heavy atom. The molecule has 5 nitrogen and oxygen atoms in total. The third-order valence-electron chi connectivity index (χ3n) is 10.8. The molecule has 0 aliphatic heterocycles. The fraction of sp³-hybridized carbons (Fsp3) is 0. The van der Waals surface area contributed by atoms with Gasteiger partial charge >= 0.3 is 0 Å². The molecule has 0 unspecified atom stereocenters. The van der Waals surface area contributed by atoms with Gasteiger partial charge in [-0.15, -0.1) is 0 Å². The maximum Gasteiger partial charge on any atom is 0.238 e. The first-order valence-electron chi connectivity index (χ1n) is 18.9. The molecule has 0 radical (unpaired) electrons. The van der Waals surface area contributed by atoms with Crippen molar-refractivity contribution in [2.45, 2.75) is 0 Å². The molecular formula is C51H33N5. The van der Waals surface area contributed by atoms with E-state index in [4.69, 9.17) is 15.0 Å². The highest BCUT2D eigenvalue weighted by atomic mass is 15.2. The zero-order valence-corrected chi connectivity index (χ0v) is 30.3. The summed E-state index contributed by atoms with van der Waals surface area (Å²) >= 11 is 0. The molecule has 3 aromatic heterocycles. The lowest BCUT2D eigenvalue weighted by molar-refractivity contribution is 0.953. The van der Waals surface area contributed by atoms with Crippen LogP contribution in [-0.4, -0.2) is 24.1 Å². The Labute approximate surface area is 323 Å². The summed E-state index contributed by atoms with van der Waals surface area (Å²) in [5.41, 5.74) is 11.9. The number of para-hydroxylation sites is 3. The lowest BCUT2D eigenvalue weighted by Gasteiger charge is -2.13. The van der Waals surface area contributed by atoms with Crippen molar-refractivity contribution in [3.05, 3.63) is 200 Å². The summed E-state index contributed by atoms with van der Waals surface area (Å²) in [7, 11) is 0. The molecule has 0 bridgehead atoms. The van der Waals surface area contributed by atoms with Crippen molar-refractivity contribution in [2.24, 2.45) is 0 Å². The van der Waals surface area contributed by atoms with Crippen LogP contribution in [0.15, 0.2) is 200 Å². The molecule has 0 saturated heterocycles. The Kier molecular flexibility index (Phi) is 7.42. The maximum atomic E-state index is 5.32. The van der Waals surface area contributed by atoms with Crippen LogP contribution in [0.4, 0.5) is 0 Å². The minimum absolute atomic E-state index is 0.566. The molecule has 11 aromatic rings. The molecule has 56 heavy (non-hydrogen) atoms. The van der Waals surface area contributed by atoms with Gasteiger partial charge < -0.3 is 4.57 Å². The molecule has 5 heteroatoms. The van der Waals surface area contributed by atoms with E-state index in [-0.39, 0.29) is 0 Å². The zero-order valence-electron chi connectivity index (χ0n) is 30.3. The smallest absolute Gasteiger partial charge is 0.238 e. The fourth-order valence-electron chi connectivity index (χ4n) is 8.24. The van der Waals surface area contributed by atoms with Gasteiger partial charge in [-0.2, -0.15) is 9.97 Å². The molecule has 3 heterocycles. The molecule has 0 spiro atoms. The number of aromatic nitrogens is 5. The summed E-state index contributed by atoms with van der Waals surface area (Å²) in [6.07, 6.45) is 0. The highest BCUT2D eigenvalue weighted by Gasteiger charge is 2.20. The van der Waals surface area contributed by atoms with Gasteiger partial charge in [-0.25, -0.2) is 4.98 Å². The predicted molar refractivity (Wildman–Crippen MR) is 230 cm³/mol. The summed E-state index contributed by atoms with van der Waals surface area (Å²) in [6, 6.07) is 70.3. The van der Waals surface area contributed by atoms with Crippen molar-refractivity contribution in [3.8, 4) is 56.7 Å². The number of benzene rings is 8. The first-order chi connectivity index (χ1) is 27.8. The number of hydrogen-bond acceptors (Lipinski definition) is 3. The standard InChI is InChI=1S/C51H33N5/c1-3-15-34(16-4-1)35-29-31-37(32-30-35)49-52-50(38-19-13-20-39(33-38)55-44-25-10-7-21-41(44)42-22-8-11-26-45(42)55)54-51(53-49)56-46-27-12-9-23-43(46)48-40(24-14-28-47(48)56)36-17-5-2-6-18-36/h1-33H. The van der Waals surface area contributed by atoms with E-state index in [0.29, 0.717) is 17.6 Å². The van der Waals surface area contributed by atoms with Crippen molar-refractivity contribution in [3.63, 3.8) is 0 Å². The summed E-state index contributed by atoms with van der Waals surface area (Å²) in [5, 5.41) is 4.75. The molecule has 0 N–H and O–H groups in total. The van der Waals surface area contributed by atoms with E-state index in [2.05, 4.69) is 203 Å². The molecule has 0 aliphatic rings. The number of hydrogen-bond donors (Lipinski definition) is 0. The Hall–Kier alpha value is -7.63. The second kappa shape index (κ2) is 13.0. The minimum Gasteiger partial charge on any atom is -0.309 e. The van der Waals surface area contributed by atoms with Gasteiger partial charge in [0, 0.05) is 38.4 Å². The van der Waals surface area contributed by atoms with Gasteiger partial charge in [-0.05, 0) is 58.7 Å². The molecular weight excluding hydrogens is 683 g/mol. The van der Waals surface area contributed by atoms with Crippen molar-refractivity contribution in [2.75, 3.05) is 0 Å². The topological polar surface area (TPSA) is 48.5 Å². The highest BCUT2D eigenvalue weighted by Crippen LogP contribution is 2.39. The second-order valence-electron chi connectivity index (χ2n) is 14.1. The van der Waals surface area contributed by atoms with Gasteiger partial charge in [0.15, 0.2) is 11.6 Å². The average Bonchev–Trinajstić information content (AvgIpc) is 3.80. The third kappa shape index (κ3) is 5.21. The summed E-state index contributed by atoms with van der Waals surface area (Å²) in [5.74, 6) is 1.78. The maximum absolute atomic E-state index is 5.32. The molecule has 0 amide bonds. The molecule has 262 valence electrons. The van der Waals surface area contributed by atoms with E-state index < -0.39 is 0 Å². The Bertz CT molecular complexity index is 3180. The first-order valence-corrected chi connectivity index (χ1v) is 18.9. The summed E-state index contributed by atoms with van der Waals surface area (Å²) in [6.45, 7) is 0. The van der Waals surface area contributed by atoms with Crippen molar-refractivity contribution < 1.29 is 0 Å². The summed E-state index contributed by atoms with van der Waals surface area (Å²) < 4.78 is 4.53. The van der Waals surface area contributed by atoms with Crippen molar-refractivity contribution in [1.82, 2.24) is 24.1 Å². The van der Waals surface area contributed by atoms with Gasteiger partial charge in [-0.3, -0.25) is 4.57 Å². The fourth-order valence-corrected chi connectivity index (χ4v) is 8.24. The van der Waals surface area contributed by atoms with Crippen LogP contribution < -0.4 is 0 Å². The van der Waals surface area contributed by atoms with Crippen LogP contribution in [0.25, 0.3) is 100 Å². The Balaban J connectivity index is 1.14.